The van der Waals surface area contributed by atoms with Crippen molar-refractivity contribution in [1.29, 1.82) is 0 Å². The molecule has 1 fully saturated rings. The van der Waals surface area contributed by atoms with Crippen molar-refractivity contribution in [3.63, 3.8) is 0 Å². The molecule has 0 aromatic carbocycles. The third-order valence-electron chi connectivity index (χ3n) is 2.99. The topological polar surface area (TPSA) is 58.6 Å². The first-order chi connectivity index (χ1) is 8.81. The molecule has 1 aromatic heterocycles. The SMILES string of the molecule is COCCC(=O)N1CCN(c2ncccn2)CC1. The molecule has 1 aliphatic heterocycles. The molecule has 0 radical (unpaired) electrons. The molecule has 0 atom stereocenters. The van der Waals surface area contributed by atoms with Crippen LogP contribution in [-0.2, 0) is 9.53 Å². The Kier molecular flexibility index (Phi) is 4.46. The summed E-state index contributed by atoms with van der Waals surface area (Å²) in [5.41, 5.74) is 0. The summed E-state index contributed by atoms with van der Waals surface area (Å²) < 4.78 is 4.92. The molecule has 0 unspecified atom stereocenters. The molecule has 0 N–H and O–H groups in total. The molecule has 2 rings (SSSR count). The number of hydrogen-bond acceptors (Lipinski definition) is 5. The second kappa shape index (κ2) is 6.30. The number of anilines is 1. The monoisotopic (exact) mass is 250 g/mol. The number of amides is 1. The molecule has 0 bridgehead atoms. The number of aromatic nitrogens is 2. The molecule has 1 aliphatic rings. The highest BCUT2D eigenvalue weighted by Gasteiger charge is 2.21. The van der Waals surface area contributed by atoms with Crippen molar-refractivity contribution in [2.75, 3.05) is 44.8 Å². The minimum Gasteiger partial charge on any atom is -0.384 e. The van der Waals surface area contributed by atoms with E-state index in [0.717, 1.165) is 32.1 Å². The molecule has 1 aromatic rings. The van der Waals surface area contributed by atoms with Crippen molar-refractivity contribution in [3.05, 3.63) is 18.5 Å². The molecule has 6 nitrogen and oxygen atoms in total. The highest BCUT2D eigenvalue weighted by atomic mass is 16.5. The lowest BCUT2D eigenvalue weighted by Gasteiger charge is -2.34. The normalized spacial score (nSPS) is 15.8. The van der Waals surface area contributed by atoms with Crippen molar-refractivity contribution in [1.82, 2.24) is 14.9 Å². The van der Waals surface area contributed by atoms with E-state index in [4.69, 9.17) is 4.74 Å². The molecule has 1 saturated heterocycles. The van der Waals surface area contributed by atoms with Crippen LogP contribution in [0.25, 0.3) is 0 Å². The number of carbonyl (C=O) groups excluding carboxylic acids is 1. The Bertz CT molecular complexity index is 377. The summed E-state index contributed by atoms with van der Waals surface area (Å²) in [4.78, 5) is 24.2. The second-order valence-electron chi connectivity index (χ2n) is 4.16. The Labute approximate surface area is 107 Å². The van der Waals surface area contributed by atoms with Gasteiger partial charge in [0.1, 0.15) is 0 Å². The fourth-order valence-electron chi connectivity index (χ4n) is 1.96. The van der Waals surface area contributed by atoms with E-state index in [2.05, 4.69) is 14.9 Å². The van der Waals surface area contributed by atoms with Gasteiger partial charge in [0.25, 0.3) is 0 Å². The number of nitrogens with zero attached hydrogens (tertiary/aromatic N) is 4. The van der Waals surface area contributed by atoms with Crippen molar-refractivity contribution in [3.8, 4) is 0 Å². The molecule has 18 heavy (non-hydrogen) atoms. The maximum atomic E-state index is 11.8. The molecule has 2 heterocycles. The van der Waals surface area contributed by atoms with E-state index >= 15 is 0 Å². The summed E-state index contributed by atoms with van der Waals surface area (Å²) in [6.45, 7) is 3.49. The number of methoxy groups -OCH3 is 1. The minimum absolute atomic E-state index is 0.158. The van der Waals surface area contributed by atoms with Crippen molar-refractivity contribution in [2.24, 2.45) is 0 Å². The van der Waals surface area contributed by atoms with Crippen molar-refractivity contribution >= 4 is 11.9 Å². The third-order valence-corrected chi connectivity index (χ3v) is 2.99. The third kappa shape index (κ3) is 3.16. The van der Waals surface area contributed by atoms with Gasteiger partial charge < -0.3 is 14.5 Å². The Hall–Kier alpha value is -1.69. The fraction of sp³-hybridized carbons (Fsp3) is 0.583. The van der Waals surface area contributed by atoms with E-state index in [-0.39, 0.29) is 5.91 Å². The zero-order chi connectivity index (χ0) is 12.8. The van der Waals surface area contributed by atoms with Gasteiger partial charge in [0, 0.05) is 45.7 Å². The van der Waals surface area contributed by atoms with Gasteiger partial charge in [-0.3, -0.25) is 4.79 Å². The van der Waals surface area contributed by atoms with E-state index < -0.39 is 0 Å². The van der Waals surface area contributed by atoms with Crippen LogP contribution in [-0.4, -0.2) is 60.7 Å². The Morgan fingerprint density at radius 2 is 1.94 bits per heavy atom. The standard InChI is InChI=1S/C12H18N4O2/c1-18-10-3-11(17)15-6-8-16(9-7-15)12-13-4-2-5-14-12/h2,4-5H,3,6-10H2,1H3. The average molecular weight is 250 g/mol. The van der Waals surface area contributed by atoms with Crippen LogP contribution in [0.2, 0.25) is 0 Å². The van der Waals surface area contributed by atoms with Gasteiger partial charge in [-0.2, -0.15) is 0 Å². The number of piperazine rings is 1. The van der Waals surface area contributed by atoms with Crippen LogP contribution in [0.5, 0.6) is 0 Å². The van der Waals surface area contributed by atoms with E-state index in [1.54, 1.807) is 25.6 Å². The van der Waals surface area contributed by atoms with E-state index in [0.29, 0.717) is 13.0 Å². The Balaban J connectivity index is 1.83. The zero-order valence-electron chi connectivity index (χ0n) is 10.6. The molecule has 0 spiro atoms. The quantitative estimate of drug-likeness (QED) is 0.762. The molecule has 0 aliphatic carbocycles. The van der Waals surface area contributed by atoms with E-state index in [9.17, 15) is 4.79 Å². The van der Waals surface area contributed by atoms with Crippen LogP contribution in [0.15, 0.2) is 18.5 Å². The lowest BCUT2D eigenvalue weighted by Crippen LogP contribution is -2.49. The summed E-state index contributed by atoms with van der Waals surface area (Å²) >= 11 is 0. The predicted molar refractivity (Wildman–Crippen MR) is 67.3 cm³/mol. The Morgan fingerprint density at radius 1 is 1.28 bits per heavy atom. The summed E-state index contributed by atoms with van der Waals surface area (Å²) in [5.74, 6) is 0.895. The van der Waals surface area contributed by atoms with Gasteiger partial charge in [-0.05, 0) is 6.07 Å². The summed E-state index contributed by atoms with van der Waals surface area (Å²) in [5, 5.41) is 0. The van der Waals surface area contributed by atoms with Crippen LogP contribution in [0.1, 0.15) is 6.42 Å². The number of rotatable bonds is 4. The first-order valence-corrected chi connectivity index (χ1v) is 6.10. The molecule has 98 valence electrons. The molecule has 6 heteroatoms. The van der Waals surface area contributed by atoms with Crippen LogP contribution >= 0.6 is 0 Å². The first kappa shape index (κ1) is 12.8. The number of hydrogen-bond donors (Lipinski definition) is 0. The van der Waals surface area contributed by atoms with Crippen molar-refractivity contribution in [2.45, 2.75) is 6.42 Å². The van der Waals surface area contributed by atoms with E-state index in [1.807, 2.05) is 4.90 Å². The van der Waals surface area contributed by atoms with Gasteiger partial charge in [0.15, 0.2) is 0 Å². The maximum absolute atomic E-state index is 11.8. The van der Waals surface area contributed by atoms with Gasteiger partial charge >= 0.3 is 0 Å². The van der Waals surface area contributed by atoms with E-state index in [1.165, 1.54) is 0 Å². The number of ether oxygens (including phenoxy) is 1. The number of carbonyl (C=O) groups is 1. The van der Waals surface area contributed by atoms with Gasteiger partial charge in [-0.15, -0.1) is 0 Å². The van der Waals surface area contributed by atoms with Crippen LogP contribution in [0.3, 0.4) is 0 Å². The predicted octanol–water partition coefficient (Wildman–Crippen LogP) is 0.162. The maximum Gasteiger partial charge on any atom is 0.225 e. The summed E-state index contributed by atoms with van der Waals surface area (Å²) in [6.07, 6.45) is 3.93. The first-order valence-electron chi connectivity index (χ1n) is 6.10. The zero-order valence-corrected chi connectivity index (χ0v) is 10.6. The fourth-order valence-corrected chi connectivity index (χ4v) is 1.96. The largest absolute Gasteiger partial charge is 0.384 e. The lowest BCUT2D eigenvalue weighted by molar-refractivity contribution is -0.132. The van der Waals surface area contributed by atoms with Crippen LogP contribution in [0.4, 0.5) is 5.95 Å². The van der Waals surface area contributed by atoms with Gasteiger partial charge in [-0.25, -0.2) is 9.97 Å². The van der Waals surface area contributed by atoms with Gasteiger partial charge in [0.05, 0.1) is 13.0 Å². The molecule has 1 amide bonds. The van der Waals surface area contributed by atoms with Gasteiger partial charge in [-0.1, -0.05) is 0 Å². The Morgan fingerprint density at radius 3 is 2.56 bits per heavy atom. The smallest absolute Gasteiger partial charge is 0.225 e. The average Bonchev–Trinajstić information content (AvgIpc) is 2.46. The minimum atomic E-state index is 0.158. The molecular formula is C12H18N4O2. The highest BCUT2D eigenvalue weighted by Crippen LogP contribution is 2.10. The highest BCUT2D eigenvalue weighted by molar-refractivity contribution is 5.76. The summed E-state index contributed by atoms with van der Waals surface area (Å²) in [6, 6.07) is 1.80. The van der Waals surface area contributed by atoms with Crippen molar-refractivity contribution < 1.29 is 9.53 Å². The molecular weight excluding hydrogens is 232 g/mol. The second-order valence-corrected chi connectivity index (χ2v) is 4.16. The summed E-state index contributed by atoms with van der Waals surface area (Å²) in [7, 11) is 1.61. The molecule has 0 saturated carbocycles. The van der Waals surface area contributed by atoms with Crippen LogP contribution < -0.4 is 4.90 Å². The lowest BCUT2D eigenvalue weighted by atomic mass is 10.3. The van der Waals surface area contributed by atoms with Gasteiger partial charge in [0.2, 0.25) is 11.9 Å². The van der Waals surface area contributed by atoms with Crippen LogP contribution in [0, 0.1) is 0 Å².